The van der Waals surface area contributed by atoms with Crippen LogP contribution in [0.2, 0.25) is 0 Å². The summed E-state index contributed by atoms with van der Waals surface area (Å²) in [6, 6.07) is 0. The van der Waals surface area contributed by atoms with Crippen LogP contribution in [-0.4, -0.2) is 22.3 Å². The Bertz CT molecular complexity index is 281. The van der Waals surface area contributed by atoms with E-state index in [9.17, 15) is 0 Å². The van der Waals surface area contributed by atoms with Crippen LogP contribution in [0.15, 0.2) is 12.4 Å². The predicted octanol–water partition coefficient (Wildman–Crippen LogP) is 2.19. The van der Waals surface area contributed by atoms with E-state index in [1.165, 1.54) is 12.8 Å². The second-order valence-electron chi connectivity index (χ2n) is 3.59. The van der Waals surface area contributed by atoms with Gasteiger partial charge in [0, 0.05) is 25.5 Å². The molecule has 2 rings (SSSR count). The first-order valence-electron chi connectivity index (χ1n) is 5.07. The average Bonchev–Trinajstić information content (AvgIpc) is 2.85. The molecule has 1 aromatic heterocycles. The van der Waals surface area contributed by atoms with Gasteiger partial charge in [0.1, 0.15) is 5.82 Å². The minimum absolute atomic E-state index is 0.445. The molecule has 0 aliphatic carbocycles. The monoisotopic (exact) mass is 214 g/mol. The Morgan fingerprint density at radius 1 is 1.64 bits per heavy atom. The Balaban J connectivity index is 1.84. The van der Waals surface area contributed by atoms with E-state index in [2.05, 4.69) is 9.55 Å². The molecule has 3 nitrogen and oxygen atoms in total. The van der Waals surface area contributed by atoms with Gasteiger partial charge in [-0.15, -0.1) is 11.6 Å². The summed E-state index contributed by atoms with van der Waals surface area (Å²) in [4.78, 5) is 4.17. The maximum atomic E-state index is 5.75. The molecule has 0 bridgehead atoms. The number of imidazole rings is 1. The highest BCUT2D eigenvalue weighted by molar-refractivity contribution is 6.16. The first-order valence-corrected chi connectivity index (χ1v) is 5.61. The molecule has 1 aliphatic heterocycles. The smallest absolute Gasteiger partial charge is 0.123 e. The summed E-state index contributed by atoms with van der Waals surface area (Å²) in [5.41, 5.74) is 0. The summed E-state index contributed by atoms with van der Waals surface area (Å²) in [5, 5.41) is 0. The molecule has 78 valence electrons. The van der Waals surface area contributed by atoms with Crippen molar-refractivity contribution in [3.8, 4) is 0 Å². The van der Waals surface area contributed by atoms with Gasteiger partial charge < -0.3 is 9.30 Å². The molecular formula is C10H15ClN2O. The average molecular weight is 215 g/mol. The maximum Gasteiger partial charge on any atom is 0.123 e. The van der Waals surface area contributed by atoms with Crippen molar-refractivity contribution in [3.05, 3.63) is 18.2 Å². The van der Waals surface area contributed by atoms with Gasteiger partial charge in [-0.3, -0.25) is 0 Å². The number of aromatic nitrogens is 2. The molecule has 0 amide bonds. The van der Waals surface area contributed by atoms with E-state index >= 15 is 0 Å². The maximum absolute atomic E-state index is 5.75. The second-order valence-corrected chi connectivity index (χ2v) is 3.86. The van der Waals surface area contributed by atoms with Crippen molar-refractivity contribution in [2.24, 2.45) is 0 Å². The Morgan fingerprint density at radius 3 is 3.29 bits per heavy atom. The number of nitrogens with zero attached hydrogens (tertiary/aromatic N) is 2. The van der Waals surface area contributed by atoms with Crippen molar-refractivity contribution in [1.29, 1.82) is 0 Å². The molecule has 1 aromatic rings. The van der Waals surface area contributed by atoms with E-state index in [0.717, 1.165) is 25.4 Å². The van der Waals surface area contributed by atoms with E-state index in [1.54, 1.807) is 6.20 Å². The zero-order valence-corrected chi connectivity index (χ0v) is 8.91. The van der Waals surface area contributed by atoms with Crippen LogP contribution in [0.1, 0.15) is 25.1 Å². The third kappa shape index (κ3) is 2.28. The lowest BCUT2D eigenvalue weighted by molar-refractivity contribution is 0.100. The number of aryl methyl sites for hydroxylation is 1. The van der Waals surface area contributed by atoms with Crippen LogP contribution in [0.5, 0.6) is 0 Å². The van der Waals surface area contributed by atoms with E-state index in [-0.39, 0.29) is 0 Å². The van der Waals surface area contributed by atoms with Crippen molar-refractivity contribution in [2.45, 2.75) is 37.8 Å². The summed E-state index contributed by atoms with van der Waals surface area (Å²) in [6.45, 7) is 1.89. The molecule has 1 unspecified atom stereocenters. The third-order valence-corrected chi connectivity index (χ3v) is 2.88. The van der Waals surface area contributed by atoms with E-state index < -0.39 is 0 Å². The van der Waals surface area contributed by atoms with Gasteiger partial charge in [-0.2, -0.15) is 0 Å². The van der Waals surface area contributed by atoms with Gasteiger partial charge in [-0.1, -0.05) is 0 Å². The van der Waals surface area contributed by atoms with Crippen molar-refractivity contribution in [1.82, 2.24) is 9.55 Å². The molecule has 0 N–H and O–H groups in total. The molecule has 1 atom stereocenters. The van der Waals surface area contributed by atoms with Crippen LogP contribution >= 0.6 is 11.6 Å². The molecule has 1 saturated heterocycles. The van der Waals surface area contributed by atoms with Crippen molar-refractivity contribution in [3.63, 3.8) is 0 Å². The second kappa shape index (κ2) is 4.80. The molecule has 0 saturated carbocycles. The molecule has 1 aliphatic rings. The molecule has 0 spiro atoms. The highest BCUT2D eigenvalue weighted by Crippen LogP contribution is 2.16. The number of hydrogen-bond acceptors (Lipinski definition) is 2. The predicted molar refractivity (Wildman–Crippen MR) is 55.4 cm³/mol. The normalized spacial score (nSPS) is 21.6. The van der Waals surface area contributed by atoms with E-state index in [1.807, 2.05) is 6.20 Å². The fourth-order valence-corrected chi connectivity index (χ4v) is 2.05. The lowest BCUT2D eigenvalue weighted by Crippen LogP contribution is -2.11. The highest BCUT2D eigenvalue weighted by atomic mass is 35.5. The fourth-order valence-electron chi connectivity index (χ4n) is 1.83. The van der Waals surface area contributed by atoms with Gasteiger partial charge in [0.15, 0.2) is 0 Å². The van der Waals surface area contributed by atoms with Crippen molar-refractivity contribution >= 4 is 11.6 Å². The first-order chi connectivity index (χ1) is 6.90. The zero-order chi connectivity index (χ0) is 9.80. The lowest BCUT2D eigenvalue weighted by atomic mass is 10.2. The van der Waals surface area contributed by atoms with Crippen LogP contribution in [0.25, 0.3) is 0 Å². The van der Waals surface area contributed by atoms with Crippen LogP contribution in [0.3, 0.4) is 0 Å². The SMILES string of the molecule is ClCc1nccn1CCC1CCCO1. The molecule has 0 aromatic carbocycles. The first kappa shape index (κ1) is 9.99. The van der Waals surface area contributed by atoms with Gasteiger partial charge in [0.05, 0.1) is 12.0 Å². The minimum atomic E-state index is 0.445. The lowest BCUT2D eigenvalue weighted by Gasteiger charge is -2.10. The Labute approximate surface area is 89.0 Å². The summed E-state index contributed by atoms with van der Waals surface area (Å²) < 4.78 is 7.66. The summed E-state index contributed by atoms with van der Waals surface area (Å²) in [7, 11) is 0. The molecule has 2 heterocycles. The fraction of sp³-hybridized carbons (Fsp3) is 0.700. The van der Waals surface area contributed by atoms with Crippen LogP contribution in [0.4, 0.5) is 0 Å². The van der Waals surface area contributed by atoms with E-state index in [4.69, 9.17) is 16.3 Å². The van der Waals surface area contributed by atoms with Crippen molar-refractivity contribution in [2.75, 3.05) is 6.61 Å². The summed E-state index contributed by atoms with van der Waals surface area (Å²) in [6.07, 6.45) is 7.70. The van der Waals surface area contributed by atoms with Crippen molar-refractivity contribution < 1.29 is 4.74 Å². The molecule has 1 fully saturated rings. The molecule has 4 heteroatoms. The van der Waals surface area contributed by atoms with Gasteiger partial charge in [0.2, 0.25) is 0 Å². The Kier molecular flexibility index (Phi) is 3.43. The quantitative estimate of drug-likeness (QED) is 0.719. The Morgan fingerprint density at radius 2 is 2.57 bits per heavy atom. The summed E-state index contributed by atoms with van der Waals surface area (Å²) >= 11 is 5.75. The molecule has 14 heavy (non-hydrogen) atoms. The van der Waals surface area contributed by atoms with Crippen LogP contribution in [0, 0.1) is 0 Å². The minimum Gasteiger partial charge on any atom is -0.378 e. The standard InChI is InChI=1S/C10H15ClN2O/c11-8-10-12-4-6-13(10)5-3-9-2-1-7-14-9/h4,6,9H,1-3,5,7-8H2. The van der Waals surface area contributed by atoms with Gasteiger partial charge in [-0.25, -0.2) is 4.98 Å². The summed E-state index contributed by atoms with van der Waals surface area (Å²) in [5.74, 6) is 1.43. The number of hydrogen-bond donors (Lipinski definition) is 0. The van der Waals surface area contributed by atoms with Gasteiger partial charge in [0.25, 0.3) is 0 Å². The largest absolute Gasteiger partial charge is 0.378 e. The number of ether oxygens (including phenoxy) is 1. The van der Waals surface area contributed by atoms with Gasteiger partial charge in [-0.05, 0) is 19.3 Å². The Hall–Kier alpha value is -0.540. The number of halogens is 1. The van der Waals surface area contributed by atoms with Gasteiger partial charge >= 0.3 is 0 Å². The van der Waals surface area contributed by atoms with E-state index in [0.29, 0.717) is 12.0 Å². The highest BCUT2D eigenvalue weighted by Gasteiger charge is 2.15. The van der Waals surface area contributed by atoms with Crippen LogP contribution < -0.4 is 0 Å². The topological polar surface area (TPSA) is 27.1 Å². The molecular weight excluding hydrogens is 200 g/mol. The number of rotatable bonds is 4. The third-order valence-electron chi connectivity index (χ3n) is 2.64. The van der Waals surface area contributed by atoms with Crippen LogP contribution in [-0.2, 0) is 17.2 Å². The zero-order valence-electron chi connectivity index (χ0n) is 8.16. The molecule has 0 radical (unpaired) electrons. The number of alkyl halides is 1.